The molecule has 3 aromatic rings. The number of aromatic nitrogens is 3. The van der Waals surface area contributed by atoms with Gasteiger partial charge in [-0.1, -0.05) is 81.9 Å². The van der Waals surface area contributed by atoms with Gasteiger partial charge in [-0.15, -0.1) is 10.2 Å². The zero-order valence-electron chi connectivity index (χ0n) is 26.2. The molecule has 1 saturated heterocycles. The molecule has 0 bridgehead atoms. The second kappa shape index (κ2) is 14.4. The van der Waals surface area contributed by atoms with Crippen molar-refractivity contribution in [3.8, 4) is 5.69 Å². The first-order valence-corrected chi connectivity index (χ1v) is 16.2. The van der Waals surface area contributed by atoms with Gasteiger partial charge in [-0.25, -0.2) is 0 Å². The summed E-state index contributed by atoms with van der Waals surface area (Å²) in [6.45, 7) is 14.8. The third-order valence-corrected chi connectivity index (χ3v) is 8.73. The van der Waals surface area contributed by atoms with Gasteiger partial charge in [-0.3, -0.25) is 14.2 Å². The predicted octanol–water partition coefficient (Wildman–Crippen LogP) is 6.56. The van der Waals surface area contributed by atoms with Crippen molar-refractivity contribution in [2.24, 2.45) is 11.3 Å². The Bertz CT molecular complexity index is 1330. The van der Waals surface area contributed by atoms with Crippen molar-refractivity contribution < 1.29 is 9.59 Å². The number of piperazine rings is 1. The number of hydrogen-bond acceptors (Lipinski definition) is 5. The van der Waals surface area contributed by atoms with Gasteiger partial charge in [0, 0.05) is 56.4 Å². The van der Waals surface area contributed by atoms with Crippen molar-refractivity contribution in [1.29, 1.82) is 0 Å². The fourth-order valence-corrected chi connectivity index (χ4v) is 6.86. The fraction of sp³-hybridized carbons (Fsp3) is 0.529. The summed E-state index contributed by atoms with van der Waals surface area (Å²) >= 11 is 1.65. The highest BCUT2D eigenvalue weighted by atomic mass is 32.2. The molecule has 226 valence electrons. The number of rotatable bonds is 11. The van der Waals surface area contributed by atoms with Gasteiger partial charge >= 0.3 is 0 Å². The van der Waals surface area contributed by atoms with Crippen LogP contribution in [0.1, 0.15) is 77.3 Å². The smallest absolute Gasteiger partial charge is 0.223 e. The summed E-state index contributed by atoms with van der Waals surface area (Å²) in [5.41, 5.74) is 3.65. The van der Waals surface area contributed by atoms with Gasteiger partial charge in [0.15, 0.2) is 5.16 Å². The van der Waals surface area contributed by atoms with Gasteiger partial charge in [0.2, 0.25) is 11.8 Å². The molecule has 2 atom stereocenters. The molecule has 1 fully saturated rings. The Kier molecular flexibility index (Phi) is 10.9. The summed E-state index contributed by atoms with van der Waals surface area (Å²) < 4.78 is 2.15. The molecule has 2 heterocycles. The topological polar surface area (TPSA) is 71.3 Å². The number of benzene rings is 2. The van der Waals surface area contributed by atoms with Gasteiger partial charge in [-0.05, 0) is 61.3 Å². The molecule has 1 aliphatic heterocycles. The average molecular weight is 590 g/mol. The third kappa shape index (κ3) is 8.93. The third-order valence-electron chi connectivity index (χ3n) is 7.72. The van der Waals surface area contributed by atoms with Crippen LogP contribution in [0.25, 0.3) is 5.69 Å². The molecule has 1 aromatic heterocycles. The number of carbonyl (C=O) groups is 2. The highest BCUT2D eigenvalue weighted by Gasteiger charge is 2.30. The standard InChI is InChI=1S/C34H47N5O2S/c1-25-12-10-15-29(20-25)39-30(22-28-13-8-7-9-14-28)35-36-33(39)42-19-11-16-31(40)37-17-18-38(27(3)24-37)32(41)21-26(2)23-34(4,5)6/h7-10,12-15,20,26-27H,11,16-19,21-24H2,1-6H3. The maximum atomic E-state index is 13.1. The van der Waals surface area contributed by atoms with Gasteiger partial charge in [-0.2, -0.15) is 0 Å². The van der Waals surface area contributed by atoms with E-state index in [0.717, 1.165) is 35.3 Å². The summed E-state index contributed by atoms with van der Waals surface area (Å²) in [5.74, 6) is 2.42. The van der Waals surface area contributed by atoms with Crippen LogP contribution in [0.15, 0.2) is 59.8 Å². The predicted molar refractivity (Wildman–Crippen MR) is 171 cm³/mol. The second-order valence-corrected chi connectivity index (χ2v) is 14.1. The highest BCUT2D eigenvalue weighted by Crippen LogP contribution is 2.28. The molecule has 8 heteroatoms. The Morgan fingerprint density at radius 3 is 2.48 bits per heavy atom. The normalized spacial score (nSPS) is 16.5. The molecular formula is C34H47N5O2S. The molecule has 0 N–H and O–H groups in total. The van der Waals surface area contributed by atoms with Crippen LogP contribution in [0.2, 0.25) is 0 Å². The maximum Gasteiger partial charge on any atom is 0.223 e. The van der Waals surface area contributed by atoms with Gasteiger partial charge in [0.1, 0.15) is 5.82 Å². The minimum atomic E-state index is 0.0438. The minimum absolute atomic E-state index is 0.0438. The highest BCUT2D eigenvalue weighted by molar-refractivity contribution is 7.99. The van der Waals surface area contributed by atoms with E-state index in [1.54, 1.807) is 11.8 Å². The lowest BCUT2D eigenvalue weighted by atomic mass is 9.84. The first-order valence-electron chi connectivity index (χ1n) is 15.3. The van der Waals surface area contributed by atoms with Crippen molar-refractivity contribution in [2.45, 2.75) is 84.8 Å². The number of hydrogen-bond donors (Lipinski definition) is 0. The molecule has 42 heavy (non-hydrogen) atoms. The van der Waals surface area contributed by atoms with E-state index in [1.807, 2.05) is 28.0 Å². The molecule has 0 aliphatic carbocycles. The number of thioether (sulfide) groups is 1. The lowest BCUT2D eigenvalue weighted by molar-refractivity contribution is -0.143. The summed E-state index contributed by atoms with van der Waals surface area (Å²) in [5, 5.41) is 9.94. The quantitative estimate of drug-likeness (QED) is 0.187. The van der Waals surface area contributed by atoms with E-state index in [0.29, 0.717) is 44.8 Å². The Morgan fingerprint density at radius 2 is 1.79 bits per heavy atom. The molecular weight excluding hydrogens is 542 g/mol. The molecule has 0 radical (unpaired) electrons. The number of nitrogens with zero attached hydrogens (tertiary/aromatic N) is 5. The van der Waals surface area contributed by atoms with Crippen LogP contribution in [0.5, 0.6) is 0 Å². The largest absolute Gasteiger partial charge is 0.339 e. The van der Waals surface area contributed by atoms with Crippen LogP contribution < -0.4 is 0 Å². The Hall–Kier alpha value is -3.13. The van der Waals surface area contributed by atoms with Crippen LogP contribution in [-0.4, -0.2) is 67.8 Å². The second-order valence-electron chi connectivity index (χ2n) is 13.0. The Morgan fingerprint density at radius 1 is 1.02 bits per heavy atom. The van der Waals surface area contributed by atoms with Gasteiger partial charge in [0.05, 0.1) is 0 Å². The fourth-order valence-electron chi connectivity index (χ4n) is 5.95. The summed E-state index contributed by atoms with van der Waals surface area (Å²) in [6.07, 6.45) is 3.55. The monoisotopic (exact) mass is 589 g/mol. The van der Waals surface area contributed by atoms with E-state index in [9.17, 15) is 9.59 Å². The van der Waals surface area contributed by atoms with Crippen LogP contribution in [0, 0.1) is 18.3 Å². The van der Waals surface area contributed by atoms with Crippen molar-refractivity contribution in [3.63, 3.8) is 0 Å². The molecule has 4 rings (SSSR count). The van der Waals surface area contributed by atoms with E-state index < -0.39 is 0 Å². The van der Waals surface area contributed by atoms with Crippen molar-refractivity contribution >= 4 is 23.6 Å². The lowest BCUT2D eigenvalue weighted by Gasteiger charge is -2.40. The van der Waals surface area contributed by atoms with E-state index >= 15 is 0 Å². The van der Waals surface area contributed by atoms with Crippen molar-refractivity contribution in [2.75, 3.05) is 25.4 Å². The SMILES string of the molecule is Cc1cccc(-n2c(Cc3ccccc3)nnc2SCCCC(=O)N2CCN(C(=O)CC(C)CC(C)(C)C)C(C)C2)c1. The molecule has 2 amide bonds. The summed E-state index contributed by atoms with van der Waals surface area (Å²) in [7, 11) is 0. The minimum Gasteiger partial charge on any atom is -0.339 e. The lowest BCUT2D eigenvalue weighted by Crippen LogP contribution is -2.55. The van der Waals surface area contributed by atoms with E-state index in [-0.39, 0.29) is 23.3 Å². The number of carbonyl (C=O) groups excluding carboxylic acids is 2. The van der Waals surface area contributed by atoms with Crippen molar-refractivity contribution in [3.05, 3.63) is 71.5 Å². The van der Waals surface area contributed by atoms with Crippen LogP contribution >= 0.6 is 11.8 Å². The molecule has 0 spiro atoms. The molecule has 2 unspecified atom stereocenters. The maximum absolute atomic E-state index is 13.1. The van der Waals surface area contributed by atoms with Gasteiger partial charge in [0.25, 0.3) is 0 Å². The Balaban J connectivity index is 1.29. The zero-order valence-corrected chi connectivity index (χ0v) is 27.0. The Labute approximate surface area is 256 Å². The first-order chi connectivity index (χ1) is 20.0. The number of aryl methyl sites for hydroxylation is 1. The van der Waals surface area contributed by atoms with Crippen molar-refractivity contribution in [1.82, 2.24) is 24.6 Å². The van der Waals surface area contributed by atoms with E-state index in [4.69, 9.17) is 0 Å². The van der Waals surface area contributed by atoms with E-state index in [2.05, 4.69) is 92.7 Å². The average Bonchev–Trinajstić information content (AvgIpc) is 3.32. The zero-order chi connectivity index (χ0) is 30.3. The van der Waals surface area contributed by atoms with Crippen LogP contribution in [0.4, 0.5) is 0 Å². The van der Waals surface area contributed by atoms with E-state index in [1.165, 1.54) is 11.1 Å². The van der Waals surface area contributed by atoms with Gasteiger partial charge < -0.3 is 9.80 Å². The molecule has 2 aromatic carbocycles. The summed E-state index contributed by atoms with van der Waals surface area (Å²) in [4.78, 5) is 30.0. The molecule has 1 aliphatic rings. The summed E-state index contributed by atoms with van der Waals surface area (Å²) in [6, 6.07) is 18.8. The molecule has 0 saturated carbocycles. The first kappa shape index (κ1) is 31.8. The van der Waals surface area contributed by atoms with Crippen LogP contribution in [0.3, 0.4) is 0 Å². The number of amides is 2. The molecule has 7 nitrogen and oxygen atoms in total. The van der Waals surface area contributed by atoms with Crippen LogP contribution in [-0.2, 0) is 16.0 Å².